The van der Waals surface area contributed by atoms with Crippen LogP contribution < -0.4 is 5.32 Å². The first-order valence-electron chi connectivity index (χ1n) is 8.15. The third kappa shape index (κ3) is 6.49. The van der Waals surface area contributed by atoms with E-state index in [9.17, 15) is 9.59 Å². The number of nitrogens with zero attached hydrogens (tertiary/aromatic N) is 2. The molecule has 0 aromatic heterocycles. The molecule has 0 aromatic rings. The molecule has 23 heavy (non-hydrogen) atoms. The molecule has 0 bridgehead atoms. The Bertz CT molecular complexity index is 375. The van der Waals surface area contributed by atoms with Gasteiger partial charge in [0.1, 0.15) is 0 Å². The second kappa shape index (κ2) is 11.1. The molecule has 1 unspecified atom stereocenters. The van der Waals surface area contributed by atoms with Crippen LogP contribution in [0.4, 0.5) is 0 Å². The van der Waals surface area contributed by atoms with Gasteiger partial charge in [0.05, 0.1) is 24.7 Å². The molecule has 0 aromatic carbocycles. The predicted octanol–water partition coefficient (Wildman–Crippen LogP) is 0.601. The van der Waals surface area contributed by atoms with Crippen LogP contribution in [0, 0.1) is 0 Å². The minimum Gasteiger partial charge on any atom is -0.378 e. The van der Waals surface area contributed by atoms with E-state index in [4.69, 9.17) is 4.74 Å². The number of nitrogens with one attached hydrogen (secondary N) is 1. The van der Waals surface area contributed by atoms with E-state index >= 15 is 0 Å². The Hall–Kier alpha value is -0.500. The molecule has 0 radical (unpaired) electrons. The third-order valence-corrected chi connectivity index (χ3v) is 4.98. The normalized spacial score (nSPS) is 20.9. The zero-order chi connectivity index (χ0) is 15.8. The molecule has 0 saturated carbocycles. The van der Waals surface area contributed by atoms with E-state index in [-0.39, 0.29) is 24.2 Å². The van der Waals surface area contributed by atoms with E-state index in [0.29, 0.717) is 43.9 Å². The molecular weight excluding hydrogens is 338 g/mol. The highest BCUT2D eigenvalue weighted by Gasteiger charge is 2.26. The zero-order valence-electron chi connectivity index (χ0n) is 13.8. The number of thioether (sulfide) groups is 1. The molecule has 2 aliphatic rings. The topological polar surface area (TPSA) is 61.9 Å². The maximum Gasteiger partial charge on any atom is 0.232 e. The number of rotatable bonds is 7. The van der Waals surface area contributed by atoms with Gasteiger partial charge in [-0.15, -0.1) is 24.2 Å². The molecule has 2 fully saturated rings. The maximum absolute atomic E-state index is 12.4. The molecule has 1 atom stereocenters. The highest BCUT2D eigenvalue weighted by molar-refractivity contribution is 8.00. The van der Waals surface area contributed by atoms with E-state index in [2.05, 4.69) is 12.2 Å². The van der Waals surface area contributed by atoms with Crippen molar-refractivity contribution in [3.8, 4) is 0 Å². The fourth-order valence-corrected chi connectivity index (χ4v) is 3.67. The van der Waals surface area contributed by atoms with Gasteiger partial charge in [-0.3, -0.25) is 9.59 Å². The summed E-state index contributed by atoms with van der Waals surface area (Å²) in [5.74, 6) is 1.06. The third-order valence-electron chi connectivity index (χ3n) is 4.07. The second-order valence-corrected chi connectivity index (χ2v) is 6.71. The summed E-state index contributed by atoms with van der Waals surface area (Å²) < 4.78 is 5.24. The molecule has 6 nitrogen and oxygen atoms in total. The summed E-state index contributed by atoms with van der Waals surface area (Å²) >= 11 is 1.43. The van der Waals surface area contributed by atoms with Crippen molar-refractivity contribution >= 4 is 36.0 Å². The second-order valence-electron chi connectivity index (χ2n) is 5.72. The Balaban J connectivity index is 0.00000264. The summed E-state index contributed by atoms with van der Waals surface area (Å²) in [5, 5.41) is 3.31. The average Bonchev–Trinajstić information content (AvgIpc) is 3.07. The van der Waals surface area contributed by atoms with Crippen molar-refractivity contribution in [1.29, 1.82) is 0 Å². The molecule has 2 aliphatic heterocycles. The van der Waals surface area contributed by atoms with Crippen LogP contribution in [0.2, 0.25) is 0 Å². The van der Waals surface area contributed by atoms with Gasteiger partial charge in [0, 0.05) is 32.2 Å². The molecule has 2 saturated heterocycles. The number of morpholine rings is 1. The predicted molar refractivity (Wildman–Crippen MR) is 95.3 cm³/mol. The molecule has 2 rings (SSSR count). The minimum atomic E-state index is 0. The number of carbonyl (C=O) groups is 2. The summed E-state index contributed by atoms with van der Waals surface area (Å²) in [5.41, 5.74) is 0. The Morgan fingerprint density at radius 1 is 1.30 bits per heavy atom. The highest BCUT2D eigenvalue weighted by atomic mass is 35.5. The Morgan fingerprint density at radius 3 is 2.65 bits per heavy atom. The maximum atomic E-state index is 12.4. The first-order valence-corrected chi connectivity index (χ1v) is 9.31. The number of hydrogen-bond acceptors (Lipinski definition) is 5. The van der Waals surface area contributed by atoms with Gasteiger partial charge in [0.2, 0.25) is 11.8 Å². The van der Waals surface area contributed by atoms with Crippen LogP contribution in [0.1, 0.15) is 19.8 Å². The summed E-state index contributed by atoms with van der Waals surface area (Å²) in [6.45, 7) is 7.36. The first kappa shape index (κ1) is 20.5. The lowest BCUT2D eigenvalue weighted by Gasteiger charge is -2.29. The van der Waals surface area contributed by atoms with Gasteiger partial charge in [-0.2, -0.15) is 0 Å². The summed E-state index contributed by atoms with van der Waals surface area (Å²) in [6.07, 6.45) is 2.00. The standard InChI is InChI=1S/C15H27N3O3S.ClH/c1-2-5-18(13-3-4-16-10-13)15(20)12-22-11-14(19)17-6-8-21-9-7-17;/h13,16H,2-12H2,1H3;1H. The van der Waals surface area contributed by atoms with Crippen LogP contribution >= 0.6 is 24.2 Å². The number of amides is 2. The van der Waals surface area contributed by atoms with E-state index < -0.39 is 0 Å². The van der Waals surface area contributed by atoms with Crippen molar-refractivity contribution in [2.24, 2.45) is 0 Å². The van der Waals surface area contributed by atoms with Crippen LogP contribution in [-0.4, -0.2) is 85.1 Å². The van der Waals surface area contributed by atoms with Crippen molar-refractivity contribution in [2.45, 2.75) is 25.8 Å². The lowest BCUT2D eigenvalue weighted by Crippen LogP contribution is -2.43. The van der Waals surface area contributed by atoms with Gasteiger partial charge in [-0.05, 0) is 19.4 Å². The van der Waals surface area contributed by atoms with Crippen molar-refractivity contribution in [2.75, 3.05) is 57.4 Å². The van der Waals surface area contributed by atoms with Crippen molar-refractivity contribution < 1.29 is 14.3 Å². The lowest BCUT2D eigenvalue weighted by atomic mass is 10.2. The van der Waals surface area contributed by atoms with E-state index in [1.165, 1.54) is 11.8 Å². The first-order chi connectivity index (χ1) is 10.7. The Kier molecular flexibility index (Phi) is 9.94. The highest BCUT2D eigenvalue weighted by Crippen LogP contribution is 2.13. The lowest BCUT2D eigenvalue weighted by molar-refractivity contribution is -0.132. The van der Waals surface area contributed by atoms with E-state index in [1.807, 2.05) is 9.80 Å². The summed E-state index contributed by atoms with van der Waals surface area (Å²) in [6, 6.07) is 0.322. The van der Waals surface area contributed by atoms with Crippen LogP contribution in [0.15, 0.2) is 0 Å². The van der Waals surface area contributed by atoms with Gasteiger partial charge in [-0.1, -0.05) is 6.92 Å². The molecule has 134 valence electrons. The number of hydrogen-bond donors (Lipinski definition) is 1. The molecule has 1 N–H and O–H groups in total. The smallest absolute Gasteiger partial charge is 0.232 e. The van der Waals surface area contributed by atoms with Crippen LogP contribution in [0.5, 0.6) is 0 Å². The van der Waals surface area contributed by atoms with Gasteiger partial charge in [-0.25, -0.2) is 0 Å². The molecule has 2 heterocycles. The molecule has 2 amide bonds. The average molecular weight is 366 g/mol. The van der Waals surface area contributed by atoms with E-state index in [1.54, 1.807) is 0 Å². The Labute approximate surface area is 149 Å². The fraction of sp³-hybridized carbons (Fsp3) is 0.867. The fourth-order valence-electron chi connectivity index (χ4n) is 2.87. The molecular formula is C15H28ClN3O3S. The van der Waals surface area contributed by atoms with Gasteiger partial charge in [0.25, 0.3) is 0 Å². The largest absolute Gasteiger partial charge is 0.378 e. The van der Waals surface area contributed by atoms with Crippen molar-refractivity contribution in [3.05, 3.63) is 0 Å². The Morgan fingerprint density at radius 2 is 2.04 bits per heavy atom. The van der Waals surface area contributed by atoms with Crippen LogP contribution in [0.25, 0.3) is 0 Å². The number of carbonyl (C=O) groups excluding carboxylic acids is 2. The number of halogens is 1. The van der Waals surface area contributed by atoms with Crippen molar-refractivity contribution in [3.63, 3.8) is 0 Å². The van der Waals surface area contributed by atoms with Gasteiger partial charge >= 0.3 is 0 Å². The van der Waals surface area contributed by atoms with Crippen LogP contribution in [-0.2, 0) is 14.3 Å². The van der Waals surface area contributed by atoms with Crippen molar-refractivity contribution in [1.82, 2.24) is 15.1 Å². The van der Waals surface area contributed by atoms with Crippen LogP contribution in [0.3, 0.4) is 0 Å². The SMILES string of the molecule is CCCN(C(=O)CSCC(=O)N1CCOCC1)C1CCNC1.Cl. The molecule has 0 aliphatic carbocycles. The summed E-state index contributed by atoms with van der Waals surface area (Å²) in [4.78, 5) is 28.3. The molecule has 8 heteroatoms. The van der Waals surface area contributed by atoms with E-state index in [0.717, 1.165) is 32.5 Å². The minimum absolute atomic E-state index is 0. The quantitative estimate of drug-likeness (QED) is 0.716. The zero-order valence-corrected chi connectivity index (χ0v) is 15.4. The monoisotopic (exact) mass is 365 g/mol. The summed E-state index contributed by atoms with van der Waals surface area (Å²) in [7, 11) is 0. The van der Waals surface area contributed by atoms with Gasteiger partial charge in [0.15, 0.2) is 0 Å². The molecule has 0 spiro atoms. The number of ether oxygens (including phenoxy) is 1. The van der Waals surface area contributed by atoms with Gasteiger partial charge < -0.3 is 19.9 Å².